The zero-order chi connectivity index (χ0) is 19.2. The second-order valence-electron chi connectivity index (χ2n) is 6.17. The number of aryl methyl sites for hydroxylation is 2. The number of methoxy groups -OCH3 is 1. The number of nitrogens with zero attached hydrogens (tertiary/aromatic N) is 1. The average molecular weight is 365 g/mol. The highest BCUT2D eigenvalue weighted by atomic mass is 16.5. The number of anilines is 2. The molecule has 2 aromatic carbocycles. The lowest BCUT2D eigenvalue weighted by molar-refractivity contribution is -0.120. The van der Waals surface area contributed by atoms with Crippen LogP contribution in [0.15, 0.2) is 53.1 Å². The van der Waals surface area contributed by atoms with E-state index >= 15 is 0 Å². The second kappa shape index (κ2) is 8.40. The van der Waals surface area contributed by atoms with Crippen LogP contribution in [-0.4, -0.2) is 25.0 Å². The number of carbonyl (C=O) groups is 1. The second-order valence-corrected chi connectivity index (χ2v) is 6.17. The third-order valence-electron chi connectivity index (χ3n) is 4.35. The number of amides is 1. The third kappa shape index (κ3) is 4.47. The van der Waals surface area contributed by atoms with Gasteiger partial charge in [0.2, 0.25) is 5.91 Å². The minimum absolute atomic E-state index is 0.0121. The Morgan fingerprint density at radius 1 is 1.22 bits per heavy atom. The number of benzene rings is 2. The molecule has 27 heavy (non-hydrogen) atoms. The Hall–Kier alpha value is -3.28. The number of hydrogen-bond acceptors (Lipinski definition) is 5. The van der Waals surface area contributed by atoms with Gasteiger partial charge in [0.05, 0.1) is 13.3 Å². The van der Waals surface area contributed by atoms with Gasteiger partial charge in [0.1, 0.15) is 5.75 Å². The highest BCUT2D eigenvalue weighted by Gasteiger charge is 2.12. The van der Waals surface area contributed by atoms with Gasteiger partial charge in [0.15, 0.2) is 5.76 Å². The first-order valence-corrected chi connectivity index (χ1v) is 8.77. The molecule has 0 aliphatic carbocycles. The normalized spacial score (nSPS) is 10.5. The Kier molecular flexibility index (Phi) is 5.76. The molecule has 1 heterocycles. The molecular formula is C21H23N3O3. The number of nitrogens with one attached hydrogen (secondary N) is 2. The Balaban J connectivity index is 1.79. The Labute approximate surface area is 158 Å². The first kappa shape index (κ1) is 18.5. The summed E-state index contributed by atoms with van der Waals surface area (Å²) in [5, 5.41) is 5.80. The van der Waals surface area contributed by atoms with E-state index in [0.29, 0.717) is 24.6 Å². The maximum absolute atomic E-state index is 11.5. The molecule has 0 unspecified atom stereocenters. The topological polar surface area (TPSA) is 76.4 Å². The summed E-state index contributed by atoms with van der Waals surface area (Å²) >= 11 is 0. The first-order valence-electron chi connectivity index (χ1n) is 8.77. The summed E-state index contributed by atoms with van der Waals surface area (Å²) in [5.74, 6) is 1.47. The fourth-order valence-corrected chi connectivity index (χ4v) is 2.83. The maximum Gasteiger partial charge on any atom is 0.299 e. The molecule has 0 atom stereocenters. The van der Waals surface area contributed by atoms with Crippen LogP contribution < -0.4 is 15.4 Å². The van der Waals surface area contributed by atoms with Crippen molar-refractivity contribution >= 4 is 17.6 Å². The van der Waals surface area contributed by atoms with Gasteiger partial charge in [-0.3, -0.25) is 4.79 Å². The summed E-state index contributed by atoms with van der Waals surface area (Å²) in [4.78, 5) is 15.9. The summed E-state index contributed by atoms with van der Waals surface area (Å²) in [6.45, 7) is 1.99. The van der Waals surface area contributed by atoms with Gasteiger partial charge in [-0.2, -0.15) is 0 Å². The van der Waals surface area contributed by atoms with Crippen molar-refractivity contribution in [1.29, 1.82) is 0 Å². The Morgan fingerprint density at radius 2 is 2.04 bits per heavy atom. The van der Waals surface area contributed by atoms with Gasteiger partial charge in [0, 0.05) is 30.8 Å². The van der Waals surface area contributed by atoms with Crippen molar-refractivity contribution in [2.45, 2.75) is 19.8 Å². The van der Waals surface area contributed by atoms with Crippen LogP contribution >= 0.6 is 0 Å². The maximum atomic E-state index is 11.5. The van der Waals surface area contributed by atoms with Gasteiger partial charge in [-0.15, -0.1) is 0 Å². The number of oxazole rings is 1. The molecule has 1 aromatic heterocycles. The van der Waals surface area contributed by atoms with E-state index in [1.807, 2.05) is 49.4 Å². The van der Waals surface area contributed by atoms with Crippen LogP contribution in [0.3, 0.4) is 0 Å². The zero-order valence-corrected chi connectivity index (χ0v) is 15.7. The number of ether oxygens (including phenoxy) is 1. The molecule has 0 saturated carbocycles. The smallest absolute Gasteiger partial charge is 0.299 e. The highest BCUT2D eigenvalue weighted by molar-refractivity contribution is 5.76. The lowest BCUT2D eigenvalue weighted by atomic mass is 10.0. The lowest BCUT2D eigenvalue weighted by Crippen LogP contribution is -2.18. The van der Waals surface area contributed by atoms with Crippen LogP contribution in [0.4, 0.5) is 11.7 Å². The fourth-order valence-electron chi connectivity index (χ4n) is 2.83. The third-order valence-corrected chi connectivity index (χ3v) is 4.35. The van der Waals surface area contributed by atoms with Crippen LogP contribution in [0, 0.1) is 6.92 Å². The molecule has 0 aliphatic heterocycles. The van der Waals surface area contributed by atoms with E-state index in [1.165, 1.54) is 0 Å². The summed E-state index contributed by atoms with van der Waals surface area (Å²) in [6, 6.07) is 14.1. The number of carbonyl (C=O) groups excluding carboxylic acids is 1. The first-order chi connectivity index (χ1) is 13.1. The molecule has 6 nitrogen and oxygen atoms in total. The molecular weight excluding hydrogens is 342 g/mol. The van der Waals surface area contributed by atoms with Crippen LogP contribution in [-0.2, 0) is 11.2 Å². The van der Waals surface area contributed by atoms with Crippen molar-refractivity contribution in [2.75, 3.05) is 19.5 Å². The molecule has 3 rings (SSSR count). The quantitative estimate of drug-likeness (QED) is 0.660. The molecule has 140 valence electrons. The van der Waals surface area contributed by atoms with E-state index < -0.39 is 0 Å². The van der Waals surface area contributed by atoms with Gasteiger partial charge in [0.25, 0.3) is 6.01 Å². The van der Waals surface area contributed by atoms with Crippen LogP contribution in [0.2, 0.25) is 0 Å². The van der Waals surface area contributed by atoms with Crippen molar-refractivity contribution in [3.05, 3.63) is 59.8 Å². The van der Waals surface area contributed by atoms with E-state index in [1.54, 1.807) is 20.4 Å². The van der Waals surface area contributed by atoms with Gasteiger partial charge in [-0.1, -0.05) is 30.3 Å². The molecule has 0 aliphatic rings. The molecule has 0 saturated heterocycles. The van der Waals surface area contributed by atoms with Crippen LogP contribution in [0.5, 0.6) is 5.75 Å². The van der Waals surface area contributed by atoms with E-state index in [-0.39, 0.29) is 5.91 Å². The van der Waals surface area contributed by atoms with Crippen LogP contribution in [0.25, 0.3) is 11.3 Å². The predicted molar refractivity (Wildman–Crippen MR) is 105 cm³/mol. The van der Waals surface area contributed by atoms with Crippen molar-refractivity contribution in [1.82, 2.24) is 10.3 Å². The minimum Gasteiger partial charge on any atom is -0.496 e. The fraction of sp³-hybridized carbons (Fsp3) is 0.238. The number of hydrogen-bond donors (Lipinski definition) is 2. The molecule has 2 N–H and O–H groups in total. The van der Waals surface area contributed by atoms with Crippen LogP contribution in [0.1, 0.15) is 17.5 Å². The van der Waals surface area contributed by atoms with Crippen molar-refractivity contribution in [2.24, 2.45) is 0 Å². The number of rotatable bonds is 7. The SMILES string of the molecule is CNC(=O)CCc1ccccc1-c1cnc(Nc2ccc(C)c(OC)c2)o1. The van der Waals surface area contributed by atoms with Crippen molar-refractivity contribution < 1.29 is 13.9 Å². The molecule has 0 bridgehead atoms. The lowest BCUT2D eigenvalue weighted by Gasteiger charge is -2.08. The minimum atomic E-state index is 0.0121. The summed E-state index contributed by atoms with van der Waals surface area (Å²) in [5.41, 5.74) is 3.86. The predicted octanol–water partition coefficient (Wildman–Crippen LogP) is 4.08. The highest BCUT2D eigenvalue weighted by Crippen LogP contribution is 2.29. The molecule has 6 heteroatoms. The van der Waals surface area contributed by atoms with Crippen molar-refractivity contribution in [3.63, 3.8) is 0 Å². The average Bonchev–Trinajstić information content (AvgIpc) is 3.16. The molecule has 3 aromatic rings. The van der Waals surface area contributed by atoms with Gasteiger partial charge >= 0.3 is 0 Å². The molecule has 0 radical (unpaired) electrons. The van der Waals surface area contributed by atoms with Gasteiger partial charge in [-0.05, 0) is 30.5 Å². The Bertz CT molecular complexity index is 934. The number of aromatic nitrogens is 1. The zero-order valence-electron chi connectivity index (χ0n) is 15.7. The van der Waals surface area contributed by atoms with E-state index in [2.05, 4.69) is 15.6 Å². The molecule has 1 amide bonds. The molecule has 0 spiro atoms. The molecule has 0 fully saturated rings. The summed E-state index contributed by atoms with van der Waals surface area (Å²) in [7, 11) is 3.29. The summed E-state index contributed by atoms with van der Waals surface area (Å²) in [6.07, 6.45) is 2.75. The standard InChI is InChI=1S/C21H23N3O3/c1-14-8-10-16(12-18(14)26-3)24-21-23-13-19(27-21)17-7-5-4-6-15(17)9-11-20(25)22-2/h4-8,10,12-13H,9,11H2,1-3H3,(H,22,25)(H,23,24). The Morgan fingerprint density at radius 3 is 2.81 bits per heavy atom. The van der Waals surface area contributed by atoms with E-state index in [0.717, 1.165) is 28.1 Å². The monoisotopic (exact) mass is 365 g/mol. The van der Waals surface area contributed by atoms with E-state index in [4.69, 9.17) is 9.15 Å². The van der Waals surface area contributed by atoms with Gasteiger partial charge < -0.3 is 19.8 Å². The van der Waals surface area contributed by atoms with E-state index in [9.17, 15) is 4.79 Å². The summed E-state index contributed by atoms with van der Waals surface area (Å²) < 4.78 is 11.2. The largest absolute Gasteiger partial charge is 0.496 e. The van der Waals surface area contributed by atoms with Gasteiger partial charge in [-0.25, -0.2) is 4.98 Å². The van der Waals surface area contributed by atoms with Crippen molar-refractivity contribution in [3.8, 4) is 17.1 Å².